The highest BCUT2D eigenvalue weighted by molar-refractivity contribution is 6.30. The molecule has 2 rings (SSSR count). The molecule has 114 valence electrons. The van der Waals surface area contributed by atoms with Gasteiger partial charge in [0.05, 0.1) is 6.42 Å². The maximum absolute atomic E-state index is 11.9. The van der Waals surface area contributed by atoms with Crippen molar-refractivity contribution in [1.82, 2.24) is 5.32 Å². The van der Waals surface area contributed by atoms with E-state index in [4.69, 9.17) is 16.3 Å². The van der Waals surface area contributed by atoms with Gasteiger partial charge in [-0.2, -0.15) is 0 Å². The third-order valence-corrected chi connectivity index (χ3v) is 3.16. The van der Waals surface area contributed by atoms with Crippen LogP contribution in [0.3, 0.4) is 0 Å². The lowest BCUT2D eigenvalue weighted by atomic mass is 10.1. The molecule has 0 heterocycles. The van der Waals surface area contributed by atoms with Crippen LogP contribution in [-0.4, -0.2) is 18.4 Å². The summed E-state index contributed by atoms with van der Waals surface area (Å²) in [7, 11) is 0. The third kappa shape index (κ3) is 4.90. The molecule has 0 bridgehead atoms. The van der Waals surface area contributed by atoms with Gasteiger partial charge in [0.25, 0.3) is 5.91 Å². The molecule has 0 unspecified atom stereocenters. The van der Waals surface area contributed by atoms with E-state index in [1.54, 1.807) is 36.4 Å². The zero-order chi connectivity index (χ0) is 15.9. The summed E-state index contributed by atoms with van der Waals surface area (Å²) in [6.07, 6.45) is 0.0874. The summed E-state index contributed by atoms with van der Waals surface area (Å²) in [4.78, 5) is 23.6. The van der Waals surface area contributed by atoms with Crippen LogP contribution in [0.4, 0.5) is 0 Å². The second-order valence-electron chi connectivity index (χ2n) is 4.81. The van der Waals surface area contributed by atoms with E-state index in [1.807, 2.05) is 19.1 Å². The molecular formula is C17H16ClNO3. The first kappa shape index (κ1) is 16.0. The van der Waals surface area contributed by atoms with E-state index in [0.29, 0.717) is 16.3 Å². The molecule has 0 fully saturated rings. The molecule has 0 atom stereocenters. The summed E-state index contributed by atoms with van der Waals surface area (Å²) in [6.45, 7) is 2.13. The highest BCUT2D eigenvalue weighted by Crippen LogP contribution is 2.17. The minimum absolute atomic E-state index is 0.0874. The van der Waals surface area contributed by atoms with Gasteiger partial charge in [-0.15, -0.1) is 0 Å². The second-order valence-corrected chi connectivity index (χ2v) is 5.24. The number of carbonyl (C=O) groups excluding carboxylic acids is 2. The Balaban J connectivity index is 1.78. The molecule has 1 amide bonds. The monoisotopic (exact) mass is 317 g/mol. The number of halogens is 1. The maximum Gasteiger partial charge on any atom is 0.312 e. The number of amides is 1. The van der Waals surface area contributed by atoms with Gasteiger partial charge in [-0.25, -0.2) is 0 Å². The summed E-state index contributed by atoms with van der Waals surface area (Å²) in [6, 6.07) is 13.9. The van der Waals surface area contributed by atoms with Gasteiger partial charge < -0.3 is 10.1 Å². The van der Waals surface area contributed by atoms with Gasteiger partial charge in [0.2, 0.25) is 0 Å². The van der Waals surface area contributed by atoms with Gasteiger partial charge >= 0.3 is 5.97 Å². The zero-order valence-electron chi connectivity index (χ0n) is 12.1. The number of aryl methyl sites for hydroxylation is 1. The number of hydrogen-bond donors (Lipinski definition) is 1. The Morgan fingerprint density at radius 2 is 1.91 bits per heavy atom. The molecule has 0 spiro atoms. The SMILES string of the molecule is Cc1cccc(C(=O)NCCC(=O)Oc2cccc(Cl)c2)c1. The van der Waals surface area contributed by atoms with Gasteiger partial charge in [0.1, 0.15) is 5.75 Å². The molecule has 0 saturated carbocycles. The molecule has 2 aromatic rings. The van der Waals surface area contributed by atoms with Crippen LogP contribution in [-0.2, 0) is 4.79 Å². The van der Waals surface area contributed by atoms with Crippen molar-refractivity contribution in [2.24, 2.45) is 0 Å². The predicted molar refractivity (Wildman–Crippen MR) is 85.2 cm³/mol. The van der Waals surface area contributed by atoms with Gasteiger partial charge in [0, 0.05) is 17.1 Å². The number of ether oxygens (including phenoxy) is 1. The number of hydrogen-bond acceptors (Lipinski definition) is 3. The second kappa shape index (κ2) is 7.61. The van der Waals surface area contributed by atoms with E-state index in [0.717, 1.165) is 5.56 Å². The summed E-state index contributed by atoms with van der Waals surface area (Å²) in [5, 5.41) is 3.19. The smallest absolute Gasteiger partial charge is 0.312 e. The summed E-state index contributed by atoms with van der Waals surface area (Å²) in [5.74, 6) is -0.242. The van der Waals surface area contributed by atoms with Crippen LogP contribution in [0.25, 0.3) is 0 Å². The fraction of sp³-hybridized carbons (Fsp3) is 0.176. The molecule has 4 nitrogen and oxygen atoms in total. The Kier molecular flexibility index (Phi) is 5.55. The van der Waals surface area contributed by atoms with E-state index in [1.165, 1.54) is 0 Å². The summed E-state index contributed by atoms with van der Waals surface area (Å²) < 4.78 is 5.13. The largest absolute Gasteiger partial charge is 0.426 e. The first-order valence-corrected chi connectivity index (χ1v) is 7.23. The quantitative estimate of drug-likeness (QED) is 0.679. The maximum atomic E-state index is 11.9. The highest BCUT2D eigenvalue weighted by atomic mass is 35.5. The lowest BCUT2D eigenvalue weighted by Gasteiger charge is -2.07. The topological polar surface area (TPSA) is 55.4 Å². The minimum Gasteiger partial charge on any atom is -0.426 e. The van der Waals surface area contributed by atoms with E-state index in [9.17, 15) is 9.59 Å². The lowest BCUT2D eigenvalue weighted by molar-refractivity contribution is -0.134. The molecule has 1 N–H and O–H groups in total. The van der Waals surface area contributed by atoms with Crippen molar-refractivity contribution in [1.29, 1.82) is 0 Å². The molecule has 0 aliphatic heterocycles. The van der Waals surface area contributed by atoms with Crippen molar-refractivity contribution in [2.75, 3.05) is 6.54 Å². The molecule has 0 aliphatic rings. The Morgan fingerprint density at radius 1 is 1.14 bits per heavy atom. The Bertz CT molecular complexity index is 685. The number of nitrogens with one attached hydrogen (secondary N) is 1. The standard InChI is InChI=1S/C17H16ClNO3/c1-12-4-2-5-13(10-12)17(21)19-9-8-16(20)22-15-7-3-6-14(18)11-15/h2-7,10-11H,8-9H2,1H3,(H,19,21). The number of rotatable bonds is 5. The fourth-order valence-corrected chi connectivity index (χ4v) is 2.06. The molecule has 22 heavy (non-hydrogen) atoms. The van der Waals surface area contributed by atoms with Crippen molar-refractivity contribution in [2.45, 2.75) is 13.3 Å². The molecule has 0 aliphatic carbocycles. The van der Waals surface area contributed by atoms with Crippen molar-refractivity contribution in [3.8, 4) is 5.75 Å². The number of esters is 1. The molecule has 0 saturated heterocycles. The van der Waals surface area contributed by atoms with Crippen LogP contribution in [0.1, 0.15) is 22.3 Å². The van der Waals surface area contributed by atoms with Crippen molar-refractivity contribution in [3.05, 3.63) is 64.7 Å². The lowest BCUT2D eigenvalue weighted by Crippen LogP contribution is -2.27. The van der Waals surface area contributed by atoms with Gasteiger partial charge in [0.15, 0.2) is 0 Å². The van der Waals surface area contributed by atoms with E-state index < -0.39 is 5.97 Å². The normalized spacial score (nSPS) is 10.1. The van der Waals surface area contributed by atoms with Crippen molar-refractivity contribution < 1.29 is 14.3 Å². The molecule has 2 aromatic carbocycles. The average Bonchev–Trinajstić information content (AvgIpc) is 2.47. The van der Waals surface area contributed by atoms with Crippen LogP contribution in [0.5, 0.6) is 5.75 Å². The van der Waals surface area contributed by atoms with Crippen molar-refractivity contribution >= 4 is 23.5 Å². The fourth-order valence-electron chi connectivity index (χ4n) is 1.88. The highest BCUT2D eigenvalue weighted by Gasteiger charge is 2.08. The first-order chi connectivity index (χ1) is 10.5. The predicted octanol–water partition coefficient (Wildman–Crippen LogP) is 3.37. The van der Waals surface area contributed by atoms with Crippen LogP contribution in [0.15, 0.2) is 48.5 Å². The number of benzene rings is 2. The average molecular weight is 318 g/mol. The first-order valence-electron chi connectivity index (χ1n) is 6.86. The van der Waals surface area contributed by atoms with E-state index >= 15 is 0 Å². The van der Waals surface area contributed by atoms with Crippen LogP contribution >= 0.6 is 11.6 Å². The van der Waals surface area contributed by atoms with Crippen LogP contribution in [0.2, 0.25) is 5.02 Å². The molecular weight excluding hydrogens is 302 g/mol. The third-order valence-electron chi connectivity index (χ3n) is 2.92. The Labute approximate surface area is 134 Å². The minimum atomic E-state index is -0.424. The van der Waals surface area contributed by atoms with E-state index in [-0.39, 0.29) is 18.9 Å². The Hall–Kier alpha value is -2.33. The van der Waals surface area contributed by atoms with Gasteiger partial charge in [-0.1, -0.05) is 35.4 Å². The van der Waals surface area contributed by atoms with Gasteiger partial charge in [-0.05, 0) is 37.3 Å². The zero-order valence-corrected chi connectivity index (χ0v) is 12.9. The molecule has 0 aromatic heterocycles. The number of carbonyl (C=O) groups is 2. The molecule has 0 radical (unpaired) electrons. The summed E-state index contributed by atoms with van der Waals surface area (Å²) in [5.41, 5.74) is 1.58. The summed E-state index contributed by atoms with van der Waals surface area (Å²) >= 11 is 5.81. The van der Waals surface area contributed by atoms with E-state index in [2.05, 4.69) is 5.32 Å². The van der Waals surface area contributed by atoms with Crippen LogP contribution < -0.4 is 10.1 Å². The molecule has 5 heteroatoms. The van der Waals surface area contributed by atoms with Crippen molar-refractivity contribution in [3.63, 3.8) is 0 Å². The van der Waals surface area contributed by atoms with Crippen LogP contribution in [0, 0.1) is 6.92 Å². The Morgan fingerprint density at radius 3 is 2.64 bits per heavy atom. The van der Waals surface area contributed by atoms with Gasteiger partial charge in [-0.3, -0.25) is 9.59 Å².